The van der Waals surface area contributed by atoms with Crippen molar-refractivity contribution in [3.8, 4) is 6.07 Å². The van der Waals surface area contributed by atoms with Crippen molar-refractivity contribution in [2.24, 2.45) is 0 Å². The third kappa shape index (κ3) is 2.65. The summed E-state index contributed by atoms with van der Waals surface area (Å²) >= 11 is 0. The molecule has 0 saturated carbocycles. The number of aromatic nitrogens is 2. The molecule has 6 heteroatoms. The summed E-state index contributed by atoms with van der Waals surface area (Å²) in [6.45, 7) is 5.29. The van der Waals surface area contributed by atoms with Gasteiger partial charge in [0.25, 0.3) is 0 Å². The second-order valence-electron chi connectivity index (χ2n) is 4.16. The highest BCUT2D eigenvalue weighted by Crippen LogP contribution is 2.13. The molecule has 6 nitrogen and oxygen atoms in total. The molecule has 2 heterocycles. The van der Waals surface area contributed by atoms with Crippen LogP contribution in [0.2, 0.25) is 0 Å². The van der Waals surface area contributed by atoms with Crippen LogP contribution in [0.25, 0.3) is 0 Å². The lowest BCUT2D eigenvalue weighted by molar-refractivity contribution is 0.0436. The number of ether oxygens (including phenoxy) is 1. The smallest absolute Gasteiger partial charge is 0.340 e. The Labute approximate surface area is 110 Å². The number of carbonyl (C=O) groups is 1. The maximum absolute atomic E-state index is 11.8. The van der Waals surface area contributed by atoms with E-state index in [2.05, 4.69) is 9.97 Å². The number of hydrogen-bond acceptors (Lipinski definition) is 5. The van der Waals surface area contributed by atoms with Crippen LogP contribution in [0, 0.1) is 32.1 Å². The average molecular weight is 259 g/mol. The molecule has 0 aliphatic heterocycles. The Balaban J connectivity index is 2.05. The summed E-state index contributed by atoms with van der Waals surface area (Å²) in [5, 5.41) is 8.74. The second-order valence-corrected chi connectivity index (χ2v) is 4.16. The van der Waals surface area contributed by atoms with Crippen LogP contribution in [0.15, 0.2) is 10.5 Å². The summed E-state index contributed by atoms with van der Waals surface area (Å²) in [5.74, 6) is 0.552. The molecule has 1 N–H and O–H groups in total. The maximum atomic E-state index is 11.8. The fourth-order valence-corrected chi connectivity index (χ4v) is 1.64. The van der Waals surface area contributed by atoms with Gasteiger partial charge in [0.05, 0.1) is 11.3 Å². The van der Waals surface area contributed by atoms with E-state index in [1.807, 2.05) is 13.0 Å². The van der Waals surface area contributed by atoms with Crippen molar-refractivity contribution in [2.45, 2.75) is 27.4 Å². The average Bonchev–Trinajstić information content (AvgIpc) is 2.90. The molecule has 2 aromatic heterocycles. The largest absolute Gasteiger partial charge is 0.452 e. The van der Waals surface area contributed by atoms with E-state index < -0.39 is 5.97 Å². The van der Waals surface area contributed by atoms with Crippen LogP contribution in [-0.4, -0.2) is 15.9 Å². The third-order valence-corrected chi connectivity index (χ3v) is 2.75. The van der Waals surface area contributed by atoms with E-state index in [9.17, 15) is 4.79 Å². The summed E-state index contributed by atoms with van der Waals surface area (Å²) in [6.07, 6.45) is 0. The molecule has 0 unspecified atom stereocenters. The Kier molecular flexibility index (Phi) is 3.38. The van der Waals surface area contributed by atoms with Gasteiger partial charge in [0, 0.05) is 5.69 Å². The number of nitrogens with zero attached hydrogens (tertiary/aromatic N) is 2. The predicted octanol–water partition coefficient (Wildman–Crippen LogP) is 2.16. The number of nitriles is 1. The summed E-state index contributed by atoms with van der Waals surface area (Å²) in [6, 6.07) is 3.40. The highest BCUT2D eigenvalue weighted by Gasteiger charge is 2.15. The zero-order valence-corrected chi connectivity index (χ0v) is 10.9. The van der Waals surface area contributed by atoms with Crippen LogP contribution in [0.3, 0.4) is 0 Å². The first-order valence-corrected chi connectivity index (χ1v) is 5.71. The Morgan fingerprint density at radius 1 is 1.53 bits per heavy atom. The van der Waals surface area contributed by atoms with Gasteiger partial charge < -0.3 is 14.1 Å². The predicted molar refractivity (Wildman–Crippen MR) is 65.3 cm³/mol. The molecule has 19 heavy (non-hydrogen) atoms. The highest BCUT2D eigenvalue weighted by atomic mass is 16.5. The fourth-order valence-electron chi connectivity index (χ4n) is 1.64. The molecule has 0 fully saturated rings. The zero-order chi connectivity index (χ0) is 14.0. The van der Waals surface area contributed by atoms with Gasteiger partial charge in [0.2, 0.25) is 5.89 Å². The first-order chi connectivity index (χ1) is 9.01. The van der Waals surface area contributed by atoms with Crippen LogP contribution in [0.1, 0.15) is 39.1 Å². The van der Waals surface area contributed by atoms with E-state index in [0.717, 1.165) is 5.69 Å². The molecule has 0 saturated heterocycles. The molecular weight excluding hydrogens is 246 g/mol. The van der Waals surface area contributed by atoms with Crippen LogP contribution in [0.5, 0.6) is 0 Å². The molecular formula is C13H13N3O3. The minimum Gasteiger partial charge on any atom is -0.452 e. The van der Waals surface area contributed by atoms with Crippen molar-refractivity contribution in [3.05, 3.63) is 40.4 Å². The van der Waals surface area contributed by atoms with Gasteiger partial charge in [-0.3, -0.25) is 0 Å². The van der Waals surface area contributed by atoms with Gasteiger partial charge in [-0.05, 0) is 26.8 Å². The van der Waals surface area contributed by atoms with Crippen molar-refractivity contribution in [3.63, 3.8) is 0 Å². The van der Waals surface area contributed by atoms with E-state index >= 15 is 0 Å². The normalized spacial score (nSPS) is 10.2. The SMILES string of the molecule is Cc1nc(COC(=O)c2cc(C#N)[nH]c2C)oc1C. The third-order valence-electron chi connectivity index (χ3n) is 2.75. The van der Waals surface area contributed by atoms with E-state index in [0.29, 0.717) is 28.6 Å². The standard InChI is InChI=1S/C13H13N3O3/c1-7-9(3)19-12(16-7)6-18-13(17)11-4-10(5-14)15-8(11)2/h4,15H,6H2,1-3H3. The van der Waals surface area contributed by atoms with Crippen molar-refractivity contribution >= 4 is 5.97 Å². The minimum absolute atomic E-state index is 0.0278. The minimum atomic E-state index is -0.510. The molecule has 0 amide bonds. The molecule has 0 spiro atoms. The lowest BCUT2D eigenvalue weighted by Gasteiger charge is -2.00. The molecule has 0 aromatic carbocycles. The topological polar surface area (TPSA) is 91.9 Å². The maximum Gasteiger partial charge on any atom is 0.340 e. The second kappa shape index (κ2) is 4.98. The number of esters is 1. The number of nitrogens with one attached hydrogen (secondary N) is 1. The van der Waals surface area contributed by atoms with Gasteiger partial charge >= 0.3 is 5.97 Å². The molecule has 0 atom stereocenters. The summed E-state index contributed by atoms with van der Waals surface area (Å²) < 4.78 is 10.4. The Bertz CT molecular complexity index is 642. The van der Waals surface area contributed by atoms with Gasteiger partial charge in [0.1, 0.15) is 17.5 Å². The number of aromatic amines is 1. The molecule has 0 aliphatic rings. The zero-order valence-electron chi connectivity index (χ0n) is 10.9. The van der Waals surface area contributed by atoms with Crippen molar-refractivity contribution in [1.82, 2.24) is 9.97 Å². The molecule has 98 valence electrons. The number of aryl methyl sites for hydroxylation is 3. The van der Waals surface area contributed by atoms with E-state index in [4.69, 9.17) is 14.4 Å². The molecule has 0 bridgehead atoms. The van der Waals surface area contributed by atoms with Gasteiger partial charge in [-0.15, -0.1) is 0 Å². The lowest BCUT2D eigenvalue weighted by atomic mass is 10.2. The Hall–Kier alpha value is -2.55. The fraction of sp³-hybridized carbons (Fsp3) is 0.308. The van der Waals surface area contributed by atoms with Gasteiger partial charge in [-0.2, -0.15) is 5.26 Å². The van der Waals surface area contributed by atoms with Crippen LogP contribution < -0.4 is 0 Å². The number of carbonyl (C=O) groups excluding carboxylic acids is 1. The first-order valence-electron chi connectivity index (χ1n) is 5.71. The lowest BCUT2D eigenvalue weighted by Crippen LogP contribution is -2.05. The van der Waals surface area contributed by atoms with Gasteiger partial charge in [0.15, 0.2) is 6.61 Å². The molecule has 0 aliphatic carbocycles. The quantitative estimate of drug-likeness (QED) is 0.852. The van der Waals surface area contributed by atoms with E-state index in [1.165, 1.54) is 6.07 Å². The van der Waals surface area contributed by atoms with Crippen LogP contribution >= 0.6 is 0 Å². The summed E-state index contributed by atoms with van der Waals surface area (Å²) in [4.78, 5) is 18.7. The summed E-state index contributed by atoms with van der Waals surface area (Å²) in [5.41, 5.74) is 2.04. The van der Waals surface area contributed by atoms with Crippen LogP contribution in [0.4, 0.5) is 0 Å². The van der Waals surface area contributed by atoms with Gasteiger partial charge in [-0.25, -0.2) is 9.78 Å². The van der Waals surface area contributed by atoms with E-state index in [1.54, 1.807) is 13.8 Å². The number of rotatable bonds is 3. The van der Waals surface area contributed by atoms with Crippen molar-refractivity contribution in [2.75, 3.05) is 0 Å². The summed E-state index contributed by atoms with van der Waals surface area (Å²) in [7, 11) is 0. The Morgan fingerprint density at radius 3 is 2.79 bits per heavy atom. The Morgan fingerprint density at radius 2 is 2.26 bits per heavy atom. The molecule has 2 aromatic rings. The molecule has 2 rings (SSSR count). The van der Waals surface area contributed by atoms with Gasteiger partial charge in [-0.1, -0.05) is 0 Å². The number of H-pyrrole nitrogens is 1. The highest BCUT2D eigenvalue weighted by molar-refractivity contribution is 5.91. The van der Waals surface area contributed by atoms with Crippen molar-refractivity contribution < 1.29 is 13.9 Å². The number of hydrogen-bond donors (Lipinski definition) is 1. The van der Waals surface area contributed by atoms with Crippen LogP contribution in [-0.2, 0) is 11.3 Å². The number of oxazole rings is 1. The monoisotopic (exact) mass is 259 g/mol. The molecule has 0 radical (unpaired) electrons. The van der Waals surface area contributed by atoms with Crippen molar-refractivity contribution in [1.29, 1.82) is 5.26 Å². The first kappa shape index (κ1) is 12.9. The van der Waals surface area contributed by atoms with E-state index in [-0.39, 0.29) is 6.61 Å².